The molecule has 0 unspecified atom stereocenters. The van der Waals surface area contributed by atoms with E-state index < -0.39 is 0 Å². The molecule has 0 saturated heterocycles. The van der Waals surface area contributed by atoms with Crippen molar-refractivity contribution in [2.45, 2.75) is 0 Å². The Hall–Kier alpha value is -2.59. The molecule has 5 heteroatoms. The fourth-order valence-electron chi connectivity index (χ4n) is 2.22. The molecule has 0 saturated carbocycles. The molecule has 0 spiro atoms. The van der Waals surface area contributed by atoms with Gasteiger partial charge in [-0.3, -0.25) is 4.79 Å². The molecule has 116 valence electrons. The lowest BCUT2D eigenvalue weighted by atomic mass is 10.0. The molecule has 0 radical (unpaired) electrons. The molecule has 3 rings (SSSR count). The van der Waals surface area contributed by atoms with Gasteiger partial charge in [-0.2, -0.15) is 0 Å². The maximum Gasteiger partial charge on any atom is 0.187 e. The molecule has 0 N–H and O–H groups in total. The first-order valence-corrected chi connectivity index (χ1v) is 7.47. The van der Waals surface area contributed by atoms with Gasteiger partial charge in [-0.1, -0.05) is 16.8 Å². The quantitative estimate of drug-likeness (QED) is 0.526. The van der Waals surface area contributed by atoms with Crippen LogP contribution >= 0.6 is 11.6 Å². The number of nitrogens with zero attached hydrogens (tertiary/aromatic N) is 2. The van der Waals surface area contributed by atoms with Crippen molar-refractivity contribution in [2.24, 2.45) is 0 Å². The first-order chi connectivity index (χ1) is 11.0. The average molecular weight is 327 g/mol. The molecule has 0 bridgehead atoms. The lowest BCUT2D eigenvalue weighted by Crippen LogP contribution is -2.03. The van der Waals surface area contributed by atoms with Crippen LogP contribution in [0.25, 0.3) is 22.2 Å². The van der Waals surface area contributed by atoms with Gasteiger partial charge >= 0.3 is 0 Å². The van der Waals surface area contributed by atoms with Gasteiger partial charge < -0.3 is 9.42 Å². The molecule has 1 heterocycles. The summed E-state index contributed by atoms with van der Waals surface area (Å²) < 4.78 is 5.44. The fourth-order valence-corrected chi connectivity index (χ4v) is 2.34. The number of rotatable bonds is 4. The molecule has 23 heavy (non-hydrogen) atoms. The first-order valence-electron chi connectivity index (χ1n) is 7.09. The van der Waals surface area contributed by atoms with Crippen LogP contribution in [-0.2, 0) is 0 Å². The topological polar surface area (TPSA) is 46.3 Å². The number of hydrogen-bond donors (Lipinski definition) is 0. The SMILES string of the molecule is CN(C)/C=C/C(=O)c1ccc2noc(-c3ccc(Cl)cc3)c2c1. The zero-order valence-corrected chi connectivity index (χ0v) is 13.5. The third kappa shape index (κ3) is 3.27. The first kappa shape index (κ1) is 15.3. The lowest BCUT2D eigenvalue weighted by molar-refractivity contribution is 0.104. The third-order valence-electron chi connectivity index (χ3n) is 3.39. The molecule has 0 aliphatic heterocycles. The standard InChI is InChI=1S/C18H15ClN2O2/c1-21(2)10-9-17(22)13-5-8-16-15(11-13)18(23-20-16)12-3-6-14(19)7-4-12/h3-11H,1-2H3/b10-9+. The summed E-state index contributed by atoms with van der Waals surface area (Å²) in [5.41, 5.74) is 2.17. The second-order valence-corrected chi connectivity index (χ2v) is 5.83. The number of benzene rings is 2. The van der Waals surface area contributed by atoms with E-state index in [2.05, 4.69) is 5.16 Å². The normalized spacial score (nSPS) is 11.3. The van der Waals surface area contributed by atoms with Crippen LogP contribution in [0.4, 0.5) is 0 Å². The Labute approximate surface area is 138 Å². The Bertz CT molecular complexity index is 880. The van der Waals surface area contributed by atoms with Gasteiger partial charge in [-0.15, -0.1) is 0 Å². The zero-order valence-electron chi connectivity index (χ0n) is 12.8. The monoisotopic (exact) mass is 326 g/mol. The van der Waals surface area contributed by atoms with Crippen molar-refractivity contribution in [3.8, 4) is 11.3 Å². The molecule has 0 atom stereocenters. The summed E-state index contributed by atoms with van der Waals surface area (Å²) in [6.45, 7) is 0. The van der Waals surface area contributed by atoms with Crippen LogP contribution in [0.5, 0.6) is 0 Å². The van der Waals surface area contributed by atoms with E-state index in [1.807, 2.05) is 31.1 Å². The second kappa shape index (κ2) is 6.26. The Morgan fingerprint density at radius 2 is 1.91 bits per heavy atom. The number of carbonyl (C=O) groups is 1. The van der Waals surface area contributed by atoms with Crippen molar-refractivity contribution in [3.63, 3.8) is 0 Å². The van der Waals surface area contributed by atoms with Gasteiger partial charge in [0.15, 0.2) is 11.5 Å². The molecular formula is C18H15ClN2O2. The Kier molecular flexibility index (Phi) is 4.17. The minimum Gasteiger partial charge on any atom is -0.383 e. The third-order valence-corrected chi connectivity index (χ3v) is 3.64. The van der Waals surface area contributed by atoms with Gasteiger partial charge in [0, 0.05) is 42.5 Å². The Morgan fingerprint density at radius 3 is 2.61 bits per heavy atom. The van der Waals surface area contributed by atoms with E-state index in [0.29, 0.717) is 21.9 Å². The summed E-state index contributed by atoms with van der Waals surface area (Å²) in [6, 6.07) is 12.7. The fraction of sp³-hybridized carbons (Fsp3) is 0.111. The molecular weight excluding hydrogens is 312 g/mol. The van der Waals surface area contributed by atoms with Gasteiger partial charge in [0.1, 0.15) is 5.52 Å². The zero-order chi connectivity index (χ0) is 16.4. The Morgan fingerprint density at radius 1 is 1.17 bits per heavy atom. The number of halogens is 1. The summed E-state index contributed by atoms with van der Waals surface area (Å²) in [7, 11) is 3.73. The van der Waals surface area contributed by atoms with E-state index in [9.17, 15) is 4.79 Å². The van der Waals surface area contributed by atoms with E-state index >= 15 is 0 Å². The molecule has 0 aliphatic carbocycles. The minimum absolute atomic E-state index is 0.0659. The van der Waals surface area contributed by atoms with Crippen molar-refractivity contribution in [1.82, 2.24) is 10.1 Å². The minimum atomic E-state index is -0.0659. The lowest BCUT2D eigenvalue weighted by Gasteiger charge is -2.03. The number of aromatic nitrogens is 1. The van der Waals surface area contributed by atoms with E-state index in [1.54, 1.807) is 36.5 Å². The highest BCUT2D eigenvalue weighted by atomic mass is 35.5. The highest BCUT2D eigenvalue weighted by Crippen LogP contribution is 2.30. The summed E-state index contributed by atoms with van der Waals surface area (Å²) in [6.07, 6.45) is 3.26. The molecule has 0 aliphatic rings. The highest BCUT2D eigenvalue weighted by molar-refractivity contribution is 6.30. The maximum atomic E-state index is 12.2. The van der Waals surface area contributed by atoms with Crippen LogP contribution in [0.2, 0.25) is 5.02 Å². The van der Waals surface area contributed by atoms with Crippen molar-refractivity contribution in [2.75, 3.05) is 14.1 Å². The molecule has 0 fully saturated rings. The molecule has 1 aromatic heterocycles. The van der Waals surface area contributed by atoms with Crippen LogP contribution in [0.1, 0.15) is 10.4 Å². The molecule has 0 amide bonds. The predicted molar refractivity (Wildman–Crippen MR) is 91.6 cm³/mol. The summed E-state index contributed by atoms with van der Waals surface area (Å²) >= 11 is 5.92. The maximum absolute atomic E-state index is 12.2. The van der Waals surface area contributed by atoms with Crippen molar-refractivity contribution < 1.29 is 9.32 Å². The van der Waals surface area contributed by atoms with Crippen LogP contribution in [-0.4, -0.2) is 29.9 Å². The van der Waals surface area contributed by atoms with Crippen LogP contribution in [0, 0.1) is 0 Å². The van der Waals surface area contributed by atoms with Gasteiger partial charge in [0.25, 0.3) is 0 Å². The second-order valence-electron chi connectivity index (χ2n) is 5.39. The number of ketones is 1. The van der Waals surface area contributed by atoms with Crippen LogP contribution in [0.15, 0.2) is 59.3 Å². The van der Waals surface area contributed by atoms with Crippen molar-refractivity contribution >= 4 is 28.3 Å². The Balaban J connectivity index is 2.03. The van der Waals surface area contributed by atoms with Crippen molar-refractivity contribution in [3.05, 3.63) is 65.3 Å². The number of allylic oxidation sites excluding steroid dienone is 1. The summed E-state index contributed by atoms with van der Waals surface area (Å²) in [5.74, 6) is 0.562. The van der Waals surface area contributed by atoms with Crippen LogP contribution in [0.3, 0.4) is 0 Å². The van der Waals surface area contributed by atoms with Crippen molar-refractivity contribution in [1.29, 1.82) is 0 Å². The highest BCUT2D eigenvalue weighted by Gasteiger charge is 2.13. The van der Waals surface area contributed by atoms with Gasteiger partial charge in [0.2, 0.25) is 0 Å². The van der Waals surface area contributed by atoms with Gasteiger partial charge in [0.05, 0.1) is 5.39 Å². The molecule has 3 aromatic rings. The smallest absolute Gasteiger partial charge is 0.187 e. The predicted octanol–water partition coefficient (Wildman–Crippen LogP) is 4.41. The number of carbonyl (C=O) groups excluding carboxylic acids is 1. The van der Waals surface area contributed by atoms with E-state index in [0.717, 1.165) is 10.9 Å². The van der Waals surface area contributed by atoms with E-state index in [4.69, 9.17) is 16.1 Å². The van der Waals surface area contributed by atoms with Gasteiger partial charge in [-0.05, 0) is 42.5 Å². The van der Waals surface area contributed by atoms with E-state index in [-0.39, 0.29) is 5.78 Å². The number of fused-ring (bicyclic) bond motifs is 1. The van der Waals surface area contributed by atoms with E-state index in [1.165, 1.54) is 6.08 Å². The average Bonchev–Trinajstić information content (AvgIpc) is 2.96. The molecule has 4 nitrogen and oxygen atoms in total. The summed E-state index contributed by atoms with van der Waals surface area (Å²) in [5, 5.41) is 5.50. The summed E-state index contributed by atoms with van der Waals surface area (Å²) in [4.78, 5) is 14.0. The largest absolute Gasteiger partial charge is 0.383 e. The molecule has 2 aromatic carbocycles. The van der Waals surface area contributed by atoms with Gasteiger partial charge in [-0.25, -0.2) is 0 Å². The number of hydrogen-bond acceptors (Lipinski definition) is 4. The van der Waals surface area contributed by atoms with Crippen LogP contribution < -0.4 is 0 Å².